The lowest BCUT2D eigenvalue weighted by Gasteiger charge is -2.35. The number of hydrogen-bond acceptors (Lipinski definition) is 5. The van der Waals surface area contributed by atoms with Crippen LogP contribution in [0.25, 0.3) is 28.0 Å². The molecule has 1 saturated heterocycles. The number of β-amino-alcohol motifs (C(OH)–C–C–N with tert-alkyl or cyclic N) is 1. The van der Waals surface area contributed by atoms with Gasteiger partial charge in [-0.25, -0.2) is 4.98 Å². The third kappa shape index (κ3) is 4.61. The molecule has 0 radical (unpaired) electrons. The molecule has 0 atom stereocenters. The Morgan fingerprint density at radius 2 is 1.60 bits per heavy atom. The first-order chi connectivity index (χ1) is 16.8. The monoisotopic (exact) mass is 481 g/mol. The molecule has 4 aromatic rings. The van der Waals surface area contributed by atoms with E-state index < -0.39 is 11.7 Å². The van der Waals surface area contributed by atoms with Crippen molar-refractivity contribution < 1.29 is 18.3 Å². The van der Waals surface area contributed by atoms with Gasteiger partial charge in [-0.3, -0.25) is 4.90 Å². The van der Waals surface area contributed by atoms with E-state index in [9.17, 15) is 18.3 Å². The minimum Gasteiger partial charge on any atom is -0.395 e. The first-order valence-electron chi connectivity index (χ1n) is 11.6. The number of alkyl halides is 3. The van der Waals surface area contributed by atoms with Crippen molar-refractivity contribution in [3.8, 4) is 22.4 Å². The molecule has 0 spiro atoms. The number of aromatic nitrogens is 3. The lowest BCUT2D eigenvalue weighted by atomic mass is 10.1. The largest absolute Gasteiger partial charge is 0.416 e. The highest BCUT2D eigenvalue weighted by atomic mass is 19.4. The zero-order valence-electron chi connectivity index (χ0n) is 19.3. The van der Waals surface area contributed by atoms with Crippen molar-refractivity contribution in [1.82, 2.24) is 19.5 Å². The maximum atomic E-state index is 13.1. The molecule has 0 unspecified atom stereocenters. The summed E-state index contributed by atoms with van der Waals surface area (Å²) in [6, 6.07) is 16.9. The minimum absolute atomic E-state index is 0.121. The van der Waals surface area contributed by atoms with Gasteiger partial charge in [0.1, 0.15) is 5.82 Å². The molecule has 1 fully saturated rings. The summed E-state index contributed by atoms with van der Waals surface area (Å²) < 4.78 is 41.2. The number of hydrogen-bond donors (Lipinski definition) is 1. The van der Waals surface area contributed by atoms with E-state index in [-0.39, 0.29) is 6.61 Å². The molecule has 1 aliphatic rings. The van der Waals surface area contributed by atoms with Crippen molar-refractivity contribution in [2.45, 2.75) is 13.1 Å². The molecule has 182 valence electrons. The summed E-state index contributed by atoms with van der Waals surface area (Å²) in [6.07, 6.45) is -4.39. The molecule has 35 heavy (non-hydrogen) atoms. The van der Waals surface area contributed by atoms with Gasteiger partial charge in [0.05, 0.1) is 23.6 Å². The van der Waals surface area contributed by atoms with Gasteiger partial charge in [0, 0.05) is 49.9 Å². The first-order valence-corrected chi connectivity index (χ1v) is 11.6. The third-order valence-electron chi connectivity index (χ3n) is 6.43. The minimum atomic E-state index is -4.39. The van der Waals surface area contributed by atoms with Crippen molar-refractivity contribution in [2.75, 3.05) is 44.2 Å². The van der Waals surface area contributed by atoms with E-state index in [1.165, 1.54) is 12.1 Å². The Hall–Kier alpha value is -3.43. The highest BCUT2D eigenvalue weighted by Crippen LogP contribution is 2.34. The number of fused-ring (bicyclic) bond motifs is 1. The van der Waals surface area contributed by atoms with Crippen LogP contribution in [0.3, 0.4) is 0 Å². The van der Waals surface area contributed by atoms with Gasteiger partial charge in [0.25, 0.3) is 0 Å². The molecule has 2 aromatic carbocycles. The summed E-state index contributed by atoms with van der Waals surface area (Å²) >= 11 is 0. The zero-order chi connectivity index (χ0) is 24.6. The fraction of sp³-hybridized carbons (Fsp3) is 0.308. The number of piperazine rings is 1. The Bertz CT molecular complexity index is 1310. The van der Waals surface area contributed by atoms with Crippen LogP contribution in [0.1, 0.15) is 11.3 Å². The Balaban J connectivity index is 1.64. The summed E-state index contributed by atoms with van der Waals surface area (Å²) in [6.45, 7) is 5.78. The van der Waals surface area contributed by atoms with Crippen LogP contribution in [0.5, 0.6) is 0 Å². The van der Waals surface area contributed by atoms with Gasteiger partial charge >= 0.3 is 6.18 Å². The molecule has 2 aromatic heterocycles. The summed E-state index contributed by atoms with van der Waals surface area (Å²) in [5.41, 5.74) is 3.89. The Morgan fingerprint density at radius 3 is 2.23 bits per heavy atom. The Labute approximate surface area is 201 Å². The van der Waals surface area contributed by atoms with Gasteiger partial charge in [-0.2, -0.15) is 22.8 Å². The molecule has 1 aliphatic heterocycles. The molecule has 9 heteroatoms. The quantitative estimate of drug-likeness (QED) is 0.455. The number of benzene rings is 2. The Morgan fingerprint density at radius 1 is 0.914 bits per heavy atom. The van der Waals surface area contributed by atoms with Crippen LogP contribution in [-0.2, 0) is 6.18 Å². The first kappa shape index (κ1) is 23.3. The van der Waals surface area contributed by atoms with Crippen LogP contribution >= 0.6 is 0 Å². The van der Waals surface area contributed by atoms with Crippen LogP contribution in [0.2, 0.25) is 0 Å². The van der Waals surface area contributed by atoms with Crippen LogP contribution in [-0.4, -0.2) is 63.9 Å². The van der Waals surface area contributed by atoms with Crippen LogP contribution < -0.4 is 4.90 Å². The van der Waals surface area contributed by atoms with E-state index in [1.807, 2.05) is 47.8 Å². The third-order valence-corrected chi connectivity index (χ3v) is 6.43. The molecular weight excluding hydrogens is 455 g/mol. The van der Waals surface area contributed by atoms with Gasteiger partial charge in [-0.05, 0) is 24.6 Å². The van der Waals surface area contributed by atoms with Crippen molar-refractivity contribution in [3.63, 3.8) is 0 Å². The van der Waals surface area contributed by atoms with E-state index in [2.05, 4.69) is 9.80 Å². The molecule has 0 saturated carbocycles. The van der Waals surface area contributed by atoms with Crippen molar-refractivity contribution in [1.29, 1.82) is 0 Å². The lowest BCUT2D eigenvalue weighted by Crippen LogP contribution is -2.47. The Kier molecular flexibility index (Phi) is 6.21. The van der Waals surface area contributed by atoms with Gasteiger partial charge in [0.2, 0.25) is 0 Å². The number of nitrogens with zero attached hydrogens (tertiary/aromatic N) is 5. The molecule has 5 rings (SSSR count). The topological polar surface area (TPSA) is 56.9 Å². The number of anilines is 1. The summed E-state index contributed by atoms with van der Waals surface area (Å²) in [5, 5.41) is 14.1. The molecule has 0 bridgehead atoms. The average Bonchev–Trinajstić information content (AvgIpc) is 3.20. The fourth-order valence-corrected chi connectivity index (χ4v) is 4.60. The van der Waals surface area contributed by atoms with Gasteiger partial charge < -0.3 is 10.0 Å². The smallest absolute Gasteiger partial charge is 0.395 e. The average molecular weight is 482 g/mol. The summed E-state index contributed by atoms with van der Waals surface area (Å²) in [4.78, 5) is 9.31. The van der Waals surface area contributed by atoms with Crippen LogP contribution in [0.15, 0.2) is 60.7 Å². The second-order valence-electron chi connectivity index (χ2n) is 8.69. The predicted octanol–water partition coefficient (Wildman–Crippen LogP) is 4.50. The lowest BCUT2D eigenvalue weighted by molar-refractivity contribution is -0.137. The van der Waals surface area contributed by atoms with Gasteiger partial charge in [-0.1, -0.05) is 42.5 Å². The number of halogens is 3. The summed E-state index contributed by atoms with van der Waals surface area (Å²) in [7, 11) is 0. The molecular formula is C26H26F3N5O. The molecule has 3 heterocycles. The second-order valence-corrected chi connectivity index (χ2v) is 8.69. The molecule has 0 amide bonds. The highest BCUT2D eigenvalue weighted by Gasteiger charge is 2.30. The second kappa shape index (κ2) is 9.31. The van der Waals surface area contributed by atoms with E-state index >= 15 is 0 Å². The van der Waals surface area contributed by atoms with E-state index in [1.54, 1.807) is 0 Å². The zero-order valence-corrected chi connectivity index (χ0v) is 19.3. The standard InChI is InChI=1S/C26H26F3N5O/c1-18-24(20-5-3-2-4-6-20)25-30-22(19-7-9-21(10-8-19)26(27,28)29)17-23(34(25)31-18)33-13-11-32(12-14-33)15-16-35/h2-10,17,35H,11-16H2,1H3. The maximum absolute atomic E-state index is 13.1. The summed E-state index contributed by atoms with van der Waals surface area (Å²) in [5.74, 6) is 0.846. The van der Waals surface area contributed by atoms with E-state index in [4.69, 9.17) is 10.1 Å². The normalized spacial score (nSPS) is 15.2. The van der Waals surface area contributed by atoms with Gasteiger partial charge in [0.15, 0.2) is 5.65 Å². The molecule has 6 nitrogen and oxygen atoms in total. The molecule has 0 aliphatic carbocycles. The highest BCUT2D eigenvalue weighted by molar-refractivity contribution is 5.83. The van der Waals surface area contributed by atoms with Crippen molar-refractivity contribution >= 4 is 11.5 Å². The van der Waals surface area contributed by atoms with E-state index in [0.717, 1.165) is 61.0 Å². The number of aliphatic hydroxyl groups is 1. The van der Waals surface area contributed by atoms with Crippen molar-refractivity contribution in [2.24, 2.45) is 0 Å². The maximum Gasteiger partial charge on any atom is 0.416 e. The van der Waals surface area contributed by atoms with Gasteiger partial charge in [-0.15, -0.1) is 0 Å². The fourth-order valence-electron chi connectivity index (χ4n) is 4.60. The SMILES string of the molecule is Cc1nn2c(N3CCN(CCO)CC3)cc(-c3ccc(C(F)(F)F)cc3)nc2c1-c1ccccc1. The number of rotatable bonds is 5. The molecule has 1 N–H and O–H groups in total. The van der Waals surface area contributed by atoms with Crippen LogP contribution in [0.4, 0.5) is 19.0 Å². The van der Waals surface area contributed by atoms with E-state index in [0.29, 0.717) is 23.4 Å². The van der Waals surface area contributed by atoms with Crippen LogP contribution in [0, 0.1) is 6.92 Å². The number of aryl methyl sites for hydroxylation is 1. The predicted molar refractivity (Wildman–Crippen MR) is 129 cm³/mol. The van der Waals surface area contributed by atoms with Crippen molar-refractivity contribution in [3.05, 3.63) is 71.9 Å². The number of aliphatic hydroxyl groups excluding tert-OH is 1.